The van der Waals surface area contributed by atoms with Crippen LogP contribution in [-0.4, -0.2) is 4.57 Å². The maximum atomic E-state index is 11.5. The first-order valence-corrected chi connectivity index (χ1v) is 4.11. The molecule has 0 amide bonds. The van der Waals surface area contributed by atoms with Gasteiger partial charge in [-0.1, -0.05) is 0 Å². The third-order valence-corrected chi connectivity index (χ3v) is 2.53. The summed E-state index contributed by atoms with van der Waals surface area (Å²) in [7, 11) is 0. The fraction of sp³-hybridized carbons (Fsp3) is 0.444. The van der Waals surface area contributed by atoms with E-state index in [1.54, 1.807) is 10.6 Å². The van der Waals surface area contributed by atoms with Crippen LogP contribution in [0.2, 0.25) is 0 Å². The van der Waals surface area contributed by atoms with Crippen LogP contribution < -0.4 is 11.3 Å². The van der Waals surface area contributed by atoms with Gasteiger partial charge < -0.3 is 10.3 Å². The van der Waals surface area contributed by atoms with E-state index < -0.39 is 0 Å². The van der Waals surface area contributed by atoms with Crippen molar-refractivity contribution in [2.75, 3.05) is 5.73 Å². The Morgan fingerprint density at radius 1 is 1.58 bits per heavy atom. The van der Waals surface area contributed by atoms with Gasteiger partial charge in [0.05, 0.1) is 5.69 Å². The minimum Gasteiger partial charge on any atom is -0.394 e. The van der Waals surface area contributed by atoms with Crippen molar-refractivity contribution in [3.63, 3.8) is 0 Å². The summed E-state index contributed by atoms with van der Waals surface area (Å²) < 4.78 is 1.74. The van der Waals surface area contributed by atoms with Crippen molar-refractivity contribution in [3.05, 3.63) is 28.7 Å². The number of nitrogens with zero attached hydrogens (tertiary/aromatic N) is 1. The summed E-state index contributed by atoms with van der Waals surface area (Å²) in [5.74, 6) is 0. The van der Waals surface area contributed by atoms with Gasteiger partial charge in [-0.05, 0) is 31.9 Å². The molecule has 1 aromatic heterocycles. The van der Waals surface area contributed by atoms with Gasteiger partial charge in [-0.15, -0.1) is 0 Å². The summed E-state index contributed by atoms with van der Waals surface area (Å²) in [6.45, 7) is 2.08. The van der Waals surface area contributed by atoms with Gasteiger partial charge in [-0.3, -0.25) is 4.79 Å². The zero-order valence-electron chi connectivity index (χ0n) is 7.08. The Morgan fingerprint density at radius 3 is 2.83 bits per heavy atom. The second-order valence-corrected chi connectivity index (χ2v) is 3.64. The molecule has 0 bridgehead atoms. The minimum absolute atomic E-state index is 0.0481. The smallest absolute Gasteiger partial charge is 0.274 e. The quantitative estimate of drug-likeness (QED) is 0.671. The molecule has 3 nitrogen and oxygen atoms in total. The van der Waals surface area contributed by atoms with E-state index >= 15 is 0 Å². The SMILES string of the molecule is CC1(n2cccc(N)c2=O)CC1. The van der Waals surface area contributed by atoms with Crippen molar-refractivity contribution in [2.45, 2.75) is 25.3 Å². The lowest BCUT2D eigenvalue weighted by atomic mass is 10.3. The molecule has 2 N–H and O–H groups in total. The first kappa shape index (κ1) is 7.40. The highest BCUT2D eigenvalue weighted by molar-refractivity contribution is 5.34. The fourth-order valence-corrected chi connectivity index (χ4v) is 1.36. The fourth-order valence-electron chi connectivity index (χ4n) is 1.36. The lowest BCUT2D eigenvalue weighted by molar-refractivity contribution is 0.514. The summed E-state index contributed by atoms with van der Waals surface area (Å²) in [6, 6.07) is 3.46. The van der Waals surface area contributed by atoms with Crippen LogP contribution in [0.1, 0.15) is 19.8 Å². The number of nitrogens with two attached hydrogens (primary N) is 1. The highest BCUT2D eigenvalue weighted by Gasteiger charge is 2.39. The summed E-state index contributed by atoms with van der Waals surface area (Å²) >= 11 is 0. The molecule has 1 heterocycles. The second kappa shape index (κ2) is 2.12. The molecule has 0 saturated heterocycles. The predicted molar refractivity (Wildman–Crippen MR) is 48.0 cm³/mol. The summed E-state index contributed by atoms with van der Waals surface area (Å²) in [6.07, 6.45) is 3.97. The predicted octanol–water partition coefficient (Wildman–Crippen LogP) is 0.940. The average molecular weight is 164 g/mol. The topological polar surface area (TPSA) is 48.0 Å². The largest absolute Gasteiger partial charge is 0.394 e. The van der Waals surface area contributed by atoms with E-state index in [1.807, 2.05) is 12.3 Å². The highest BCUT2D eigenvalue weighted by Crippen LogP contribution is 2.41. The van der Waals surface area contributed by atoms with E-state index in [2.05, 4.69) is 6.92 Å². The van der Waals surface area contributed by atoms with Gasteiger partial charge in [-0.25, -0.2) is 0 Å². The Hall–Kier alpha value is -1.25. The molecule has 0 unspecified atom stereocenters. The average Bonchev–Trinajstić information content (AvgIpc) is 2.75. The molecule has 0 atom stereocenters. The van der Waals surface area contributed by atoms with Gasteiger partial charge >= 0.3 is 0 Å². The van der Waals surface area contributed by atoms with Gasteiger partial charge in [0.15, 0.2) is 0 Å². The Kier molecular flexibility index (Phi) is 1.31. The molecule has 1 aliphatic rings. The molecule has 0 radical (unpaired) electrons. The van der Waals surface area contributed by atoms with Crippen LogP contribution in [-0.2, 0) is 5.54 Å². The molecule has 2 rings (SSSR count). The minimum atomic E-state index is -0.0579. The first-order chi connectivity index (χ1) is 5.63. The van der Waals surface area contributed by atoms with Gasteiger partial charge in [0, 0.05) is 11.7 Å². The van der Waals surface area contributed by atoms with E-state index in [0.29, 0.717) is 5.69 Å². The van der Waals surface area contributed by atoms with Crippen molar-refractivity contribution < 1.29 is 0 Å². The summed E-state index contributed by atoms with van der Waals surface area (Å²) in [5, 5.41) is 0. The van der Waals surface area contributed by atoms with Crippen LogP contribution >= 0.6 is 0 Å². The van der Waals surface area contributed by atoms with E-state index in [9.17, 15) is 4.79 Å². The molecule has 1 saturated carbocycles. The molecular formula is C9H12N2O. The Labute approximate surface area is 70.8 Å². The van der Waals surface area contributed by atoms with Crippen molar-refractivity contribution in [1.82, 2.24) is 4.57 Å². The zero-order valence-corrected chi connectivity index (χ0v) is 7.08. The number of aromatic nitrogens is 1. The maximum absolute atomic E-state index is 11.5. The number of nitrogen functional groups attached to an aromatic ring is 1. The van der Waals surface area contributed by atoms with Gasteiger partial charge in [0.25, 0.3) is 5.56 Å². The molecule has 0 aliphatic heterocycles. The van der Waals surface area contributed by atoms with E-state index in [0.717, 1.165) is 12.8 Å². The third kappa shape index (κ3) is 0.932. The van der Waals surface area contributed by atoms with E-state index in [-0.39, 0.29) is 11.1 Å². The van der Waals surface area contributed by atoms with E-state index in [4.69, 9.17) is 5.73 Å². The summed E-state index contributed by atoms with van der Waals surface area (Å²) in [4.78, 5) is 11.5. The van der Waals surface area contributed by atoms with Crippen molar-refractivity contribution >= 4 is 5.69 Å². The molecule has 12 heavy (non-hydrogen) atoms. The lowest BCUT2D eigenvalue weighted by Gasteiger charge is -2.12. The zero-order chi connectivity index (χ0) is 8.77. The summed E-state index contributed by atoms with van der Waals surface area (Å²) in [5.41, 5.74) is 5.84. The molecular weight excluding hydrogens is 152 g/mol. The van der Waals surface area contributed by atoms with Crippen LogP contribution in [0, 0.1) is 0 Å². The Morgan fingerprint density at radius 2 is 2.25 bits per heavy atom. The Balaban J connectivity index is 2.59. The van der Waals surface area contributed by atoms with Crippen LogP contribution in [0.25, 0.3) is 0 Å². The van der Waals surface area contributed by atoms with Crippen LogP contribution in [0.4, 0.5) is 5.69 Å². The van der Waals surface area contributed by atoms with Crippen molar-refractivity contribution in [1.29, 1.82) is 0 Å². The van der Waals surface area contributed by atoms with Gasteiger partial charge in [0.1, 0.15) is 0 Å². The molecule has 0 aromatic carbocycles. The maximum Gasteiger partial charge on any atom is 0.274 e. The van der Waals surface area contributed by atoms with Gasteiger partial charge in [-0.2, -0.15) is 0 Å². The third-order valence-electron chi connectivity index (χ3n) is 2.53. The molecule has 1 aliphatic carbocycles. The second-order valence-electron chi connectivity index (χ2n) is 3.64. The first-order valence-electron chi connectivity index (χ1n) is 4.11. The van der Waals surface area contributed by atoms with Gasteiger partial charge in [0.2, 0.25) is 0 Å². The molecule has 0 spiro atoms. The molecule has 1 aromatic rings. The number of hydrogen-bond donors (Lipinski definition) is 1. The number of anilines is 1. The molecule has 64 valence electrons. The monoisotopic (exact) mass is 164 g/mol. The van der Waals surface area contributed by atoms with Crippen LogP contribution in [0.3, 0.4) is 0 Å². The lowest BCUT2D eigenvalue weighted by Crippen LogP contribution is -2.29. The normalized spacial score (nSPS) is 19.1. The van der Waals surface area contributed by atoms with Crippen molar-refractivity contribution in [2.24, 2.45) is 0 Å². The van der Waals surface area contributed by atoms with Crippen molar-refractivity contribution in [3.8, 4) is 0 Å². The number of hydrogen-bond acceptors (Lipinski definition) is 2. The molecule has 1 fully saturated rings. The number of rotatable bonds is 1. The van der Waals surface area contributed by atoms with Crippen LogP contribution in [0.5, 0.6) is 0 Å². The van der Waals surface area contributed by atoms with E-state index in [1.165, 1.54) is 0 Å². The molecule has 3 heteroatoms. The highest BCUT2D eigenvalue weighted by atomic mass is 16.1. The number of pyridine rings is 1. The standard InChI is InChI=1S/C9H12N2O/c1-9(4-5-9)11-6-2-3-7(10)8(11)12/h2-3,6H,4-5,10H2,1H3. The van der Waals surface area contributed by atoms with Crippen LogP contribution in [0.15, 0.2) is 23.1 Å². The Bertz CT molecular complexity index is 363.